The quantitative estimate of drug-likeness (QED) is 0.515. The minimum atomic E-state index is 0.125. The smallest absolute Gasteiger partial charge is 0.225 e. The van der Waals surface area contributed by atoms with Gasteiger partial charge in [0.25, 0.3) is 0 Å². The van der Waals surface area contributed by atoms with Crippen LogP contribution in [-0.2, 0) is 11.2 Å². The number of amides is 1. The Bertz CT molecular complexity index is 1100. The summed E-state index contributed by atoms with van der Waals surface area (Å²) >= 11 is 0. The second-order valence-electron chi connectivity index (χ2n) is 9.71. The highest BCUT2D eigenvalue weighted by Crippen LogP contribution is 2.29. The fraction of sp³-hybridized carbons (Fsp3) is 0.414. The van der Waals surface area contributed by atoms with Gasteiger partial charge in [-0.05, 0) is 67.9 Å². The Kier molecular flexibility index (Phi) is 7.26. The van der Waals surface area contributed by atoms with Crippen LogP contribution in [0.3, 0.4) is 0 Å². The number of piperidine rings is 2. The van der Waals surface area contributed by atoms with Crippen molar-refractivity contribution in [2.45, 2.75) is 32.1 Å². The van der Waals surface area contributed by atoms with Crippen molar-refractivity contribution in [3.63, 3.8) is 0 Å². The van der Waals surface area contributed by atoms with Gasteiger partial charge in [-0.3, -0.25) is 4.79 Å². The zero-order valence-corrected chi connectivity index (χ0v) is 20.5. The Labute approximate surface area is 208 Å². The van der Waals surface area contributed by atoms with Gasteiger partial charge in [-0.15, -0.1) is 0 Å². The van der Waals surface area contributed by atoms with Crippen LogP contribution in [0, 0.1) is 11.8 Å². The molecule has 0 atom stereocenters. The zero-order valence-electron chi connectivity index (χ0n) is 20.5. The van der Waals surface area contributed by atoms with E-state index < -0.39 is 0 Å². The number of anilines is 1. The fourth-order valence-electron chi connectivity index (χ4n) is 5.36. The van der Waals surface area contributed by atoms with Crippen molar-refractivity contribution in [1.82, 2.24) is 14.9 Å². The van der Waals surface area contributed by atoms with Crippen molar-refractivity contribution in [2.75, 3.05) is 38.2 Å². The zero-order chi connectivity index (χ0) is 24.0. The predicted molar refractivity (Wildman–Crippen MR) is 138 cm³/mol. The molecule has 5 rings (SSSR count). The Morgan fingerprint density at radius 1 is 0.914 bits per heavy atom. The lowest BCUT2D eigenvalue weighted by Gasteiger charge is -2.37. The van der Waals surface area contributed by atoms with Gasteiger partial charge in [-0.1, -0.05) is 30.3 Å². The molecule has 3 heterocycles. The minimum Gasteiger partial charge on any atom is -0.497 e. The van der Waals surface area contributed by atoms with Crippen molar-refractivity contribution in [3.05, 3.63) is 72.6 Å². The third-order valence-corrected chi connectivity index (χ3v) is 7.50. The topological polar surface area (TPSA) is 58.6 Å². The Morgan fingerprint density at radius 3 is 2.31 bits per heavy atom. The van der Waals surface area contributed by atoms with Crippen molar-refractivity contribution in [2.24, 2.45) is 11.8 Å². The highest BCUT2D eigenvalue weighted by Gasteiger charge is 2.31. The maximum atomic E-state index is 13.2. The number of hydrogen-bond donors (Lipinski definition) is 0. The summed E-state index contributed by atoms with van der Waals surface area (Å²) in [6.07, 6.45) is 6.73. The molecule has 0 N–H and O–H groups in total. The molecule has 0 radical (unpaired) electrons. The molecule has 6 heteroatoms. The standard InChI is InChI=1S/C29H34N4O2/c1-35-26-9-7-24(8-10-26)27-20-28(31-21-30-27)32-17-13-25(14-18-32)29(34)33-15-11-23(12-16-33)19-22-5-3-2-4-6-22/h2-10,20-21,23,25H,11-19H2,1H3. The van der Waals surface area contributed by atoms with Crippen LogP contribution >= 0.6 is 0 Å². The molecule has 2 aliphatic rings. The van der Waals surface area contributed by atoms with Crippen LogP contribution in [0.4, 0.5) is 5.82 Å². The molecule has 0 unspecified atom stereocenters. The molecule has 3 aromatic rings. The molecule has 0 saturated carbocycles. The minimum absolute atomic E-state index is 0.125. The third-order valence-electron chi connectivity index (χ3n) is 7.50. The molecule has 2 aliphatic heterocycles. The van der Waals surface area contributed by atoms with Crippen molar-refractivity contribution in [1.29, 1.82) is 0 Å². The molecule has 2 saturated heterocycles. The van der Waals surface area contributed by atoms with Crippen molar-refractivity contribution < 1.29 is 9.53 Å². The van der Waals surface area contributed by atoms with Crippen molar-refractivity contribution in [3.8, 4) is 17.0 Å². The normalized spacial score (nSPS) is 17.4. The van der Waals surface area contributed by atoms with E-state index in [0.717, 1.165) is 81.1 Å². The first-order valence-corrected chi connectivity index (χ1v) is 12.7. The second-order valence-corrected chi connectivity index (χ2v) is 9.71. The van der Waals surface area contributed by atoms with Gasteiger partial charge < -0.3 is 14.5 Å². The van der Waals surface area contributed by atoms with Crippen LogP contribution in [-0.4, -0.2) is 54.1 Å². The molecule has 0 bridgehead atoms. The van der Waals surface area contributed by atoms with Gasteiger partial charge in [0.15, 0.2) is 0 Å². The highest BCUT2D eigenvalue weighted by atomic mass is 16.5. The Balaban J connectivity index is 1.12. The number of carbonyl (C=O) groups is 1. The first-order valence-electron chi connectivity index (χ1n) is 12.7. The maximum absolute atomic E-state index is 13.2. The van der Waals surface area contributed by atoms with E-state index in [2.05, 4.69) is 50.1 Å². The molecule has 182 valence electrons. The number of carbonyl (C=O) groups excluding carboxylic acids is 1. The first kappa shape index (κ1) is 23.3. The molecule has 2 fully saturated rings. The Hall–Kier alpha value is -3.41. The monoisotopic (exact) mass is 470 g/mol. The van der Waals surface area contributed by atoms with E-state index in [9.17, 15) is 4.79 Å². The SMILES string of the molecule is COc1ccc(-c2cc(N3CCC(C(=O)N4CCC(Cc5ccccc5)CC4)CC3)ncn2)cc1. The molecular weight excluding hydrogens is 436 g/mol. The number of benzene rings is 2. The summed E-state index contributed by atoms with van der Waals surface area (Å²) in [7, 11) is 1.67. The number of rotatable bonds is 6. The lowest BCUT2D eigenvalue weighted by Crippen LogP contribution is -2.45. The number of likely N-dealkylation sites (tertiary alicyclic amines) is 1. The van der Waals surface area contributed by atoms with Gasteiger partial charge in [0.1, 0.15) is 17.9 Å². The molecular formula is C29H34N4O2. The van der Waals surface area contributed by atoms with Crippen LogP contribution in [0.15, 0.2) is 67.0 Å². The average Bonchev–Trinajstić information content (AvgIpc) is 2.94. The van der Waals surface area contributed by atoms with Gasteiger partial charge in [0, 0.05) is 43.7 Å². The van der Waals surface area contributed by atoms with E-state index in [4.69, 9.17) is 4.74 Å². The third kappa shape index (κ3) is 5.64. The Morgan fingerprint density at radius 2 is 1.63 bits per heavy atom. The summed E-state index contributed by atoms with van der Waals surface area (Å²) < 4.78 is 5.25. The highest BCUT2D eigenvalue weighted by molar-refractivity contribution is 5.79. The van der Waals surface area contributed by atoms with E-state index >= 15 is 0 Å². The van der Waals surface area contributed by atoms with E-state index in [1.165, 1.54) is 5.56 Å². The number of aromatic nitrogens is 2. The molecule has 1 amide bonds. The summed E-state index contributed by atoms with van der Waals surface area (Å²) in [6, 6.07) is 20.7. The molecule has 35 heavy (non-hydrogen) atoms. The van der Waals surface area contributed by atoms with Crippen LogP contribution in [0.5, 0.6) is 5.75 Å². The van der Waals surface area contributed by atoms with Gasteiger partial charge in [0.05, 0.1) is 12.8 Å². The number of hydrogen-bond acceptors (Lipinski definition) is 5. The van der Waals surface area contributed by atoms with Gasteiger partial charge in [0.2, 0.25) is 5.91 Å². The van der Waals surface area contributed by atoms with Crippen LogP contribution in [0.2, 0.25) is 0 Å². The fourth-order valence-corrected chi connectivity index (χ4v) is 5.36. The molecule has 1 aromatic heterocycles. The number of nitrogens with zero attached hydrogens (tertiary/aromatic N) is 4. The molecule has 6 nitrogen and oxygen atoms in total. The number of ether oxygens (including phenoxy) is 1. The second kappa shape index (κ2) is 10.9. The van der Waals surface area contributed by atoms with E-state index in [-0.39, 0.29) is 5.92 Å². The average molecular weight is 471 g/mol. The van der Waals surface area contributed by atoms with Gasteiger partial charge in [-0.25, -0.2) is 9.97 Å². The molecule has 0 aliphatic carbocycles. The predicted octanol–water partition coefficient (Wildman–Crippen LogP) is 4.85. The lowest BCUT2D eigenvalue weighted by atomic mass is 9.88. The van der Waals surface area contributed by atoms with Crippen LogP contribution < -0.4 is 9.64 Å². The van der Waals surface area contributed by atoms with E-state index in [1.807, 2.05) is 30.3 Å². The van der Waals surface area contributed by atoms with Crippen LogP contribution in [0.25, 0.3) is 11.3 Å². The van der Waals surface area contributed by atoms with E-state index in [1.54, 1.807) is 13.4 Å². The lowest BCUT2D eigenvalue weighted by molar-refractivity contribution is -0.137. The summed E-state index contributed by atoms with van der Waals surface area (Å²) in [4.78, 5) is 26.6. The summed E-state index contributed by atoms with van der Waals surface area (Å²) in [5, 5.41) is 0. The summed E-state index contributed by atoms with van der Waals surface area (Å²) in [5.41, 5.74) is 3.34. The number of methoxy groups -OCH3 is 1. The van der Waals surface area contributed by atoms with Crippen LogP contribution in [0.1, 0.15) is 31.2 Å². The summed E-state index contributed by atoms with van der Waals surface area (Å²) in [5.74, 6) is 2.92. The largest absolute Gasteiger partial charge is 0.497 e. The molecule has 0 spiro atoms. The van der Waals surface area contributed by atoms with Gasteiger partial charge >= 0.3 is 0 Å². The molecule has 2 aromatic carbocycles. The first-order chi connectivity index (χ1) is 17.2. The van der Waals surface area contributed by atoms with E-state index in [0.29, 0.717) is 11.8 Å². The maximum Gasteiger partial charge on any atom is 0.225 e. The van der Waals surface area contributed by atoms with Crippen molar-refractivity contribution >= 4 is 11.7 Å². The van der Waals surface area contributed by atoms with Gasteiger partial charge in [-0.2, -0.15) is 0 Å². The summed E-state index contributed by atoms with van der Waals surface area (Å²) in [6.45, 7) is 3.49.